The fourth-order valence-electron chi connectivity index (χ4n) is 3.51. The molecule has 0 atom stereocenters. The van der Waals surface area contributed by atoms with Crippen LogP contribution in [0.2, 0.25) is 0 Å². The summed E-state index contributed by atoms with van der Waals surface area (Å²) in [4.78, 5) is 10.9. The van der Waals surface area contributed by atoms with Crippen LogP contribution in [0.1, 0.15) is 47.2 Å². The van der Waals surface area contributed by atoms with Gasteiger partial charge in [0.25, 0.3) is 0 Å². The molecule has 120 valence electrons. The van der Waals surface area contributed by atoms with Crippen molar-refractivity contribution in [2.24, 2.45) is 0 Å². The number of hydrogen-bond donors (Lipinski definition) is 2. The Morgan fingerprint density at radius 3 is 2.22 bits per heavy atom. The van der Waals surface area contributed by atoms with Gasteiger partial charge in [-0.3, -0.25) is 0 Å². The summed E-state index contributed by atoms with van der Waals surface area (Å²) in [6, 6.07) is 17.8. The minimum absolute atomic E-state index is 0.173. The highest BCUT2D eigenvalue weighted by Gasteiger charge is 2.33. The van der Waals surface area contributed by atoms with Crippen LogP contribution < -0.4 is 5.32 Å². The van der Waals surface area contributed by atoms with E-state index in [9.17, 15) is 4.79 Å². The third-order valence-electron chi connectivity index (χ3n) is 4.81. The number of carboxylic acids is 1. The molecule has 2 aromatic carbocycles. The maximum atomic E-state index is 10.9. The lowest BCUT2D eigenvalue weighted by molar-refractivity contribution is 0.0697. The molecule has 1 aliphatic rings. The lowest BCUT2D eigenvalue weighted by atomic mass is 9.89. The molecule has 1 aliphatic carbocycles. The first kappa shape index (κ1) is 15.8. The van der Waals surface area contributed by atoms with Crippen molar-refractivity contribution in [3.8, 4) is 0 Å². The smallest absolute Gasteiger partial charge is 0.335 e. The van der Waals surface area contributed by atoms with Gasteiger partial charge >= 0.3 is 5.97 Å². The quantitative estimate of drug-likeness (QED) is 0.847. The van der Waals surface area contributed by atoms with E-state index in [0.29, 0.717) is 5.56 Å². The largest absolute Gasteiger partial charge is 0.478 e. The number of carbonyl (C=O) groups is 1. The van der Waals surface area contributed by atoms with Crippen LogP contribution in [-0.2, 0) is 13.0 Å². The van der Waals surface area contributed by atoms with E-state index in [4.69, 9.17) is 5.11 Å². The van der Waals surface area contributed by atoms with Crippen LogP contribution in [-0.4, -0.2) is 16.6 Å². The topological polar surface area (TPSA) is 49.3 Å². The fourth-order valence-corrected chi connectivity index (χ4v) is 3.51. The second kappa shape index (κ2) is 6.97. The molecule has 1 fully saturated rings. The molecule has 0 aromatic heterocycles. The van der Waals surface area contributed by atoms with Crippen LogP contribution in [0.15, 0.2) is 54.6 Å². The van der Waals surface area contributed by atoms with Crippen molar-refractivity contribution in [1.29, 1.82) is 0 Å². The number of hydrogen-bond acceptors (Lipinski definition) is 2. The summed E-state index contributed by atoms with van der Waals surface area (Å²) in [6.07, 6.45) is 6.01. The molecule has 0 amide bonds. The summed E-state index contributed by atoms with van der Waals surface area (Å²) in [5, 5.41) is 12.7. The monoisotopic (exact) mass is 309 g/mol. The van der Waals surface area contributed by atoms with Crippen molar-refractivity contribution in [3.63, 3.8) is 0 Å². The molecule has 0 bridgehead atoms. The molecule has 3 heteroatoms. The third kappa shape index (κ3) is 3.99. The molecule has 0 aliphatic heterocycles. The number of benzene rings is 2. The van der Waals surface area contributed by atoms with Crippen molar-refractivity contribution >= 4 is 5.97 Å². The minimum Gasteiger partial charge on any atom is -0.478 e. The van der Waals surface area contributed by atoms with Crippen molar-refractivity contribution in [1.82, 2.24) is 5.32 Å². The Balaban J connectivity index is 1.66. The SMILES string of the molecule is O=C(O)c1ccc(CNC2(Cc3ccccc3)CCCC2)cc1. The molecule has 2 N–H and O–H groups in total. The summed E-state index contributed by atoms with van der Waals surface area (Å²) < 4.78 is 0. The lowest BCUT2D eigenvalue weighted by Crippen LogP contribution is -2.44. The Morgan fingerprint density at radius 1 is 0.957 bits per heavy atom. The van der Waals surface area contributed by atoms with E-state index in [1.165, 1.54) is 31.2 Å². The van der Waals surface area contributed by atoms with E-state index >= 15 is 0 Å². The fraction of sp³-hybridized carbons (Fsp3) is 0.350. The van der Waals surface area contributed by atoms with Crippen molar-refractivity contribution in [3.05, 3.63) is 71.3 Å². The molecule has 0 saturated heterocycles. The first-order valence-corrected chi connectivity index (χ1v) is 8.28. The van der Waals surface area contributed by atoms with Gasteiger partial charge in [-0.1, -0.05) is 55.3 Å². The van der Waals surface area contributed by atoms with Crippen molar-refractivity contribution in [2.45, 2.75) is 44.2 Å². The minimum atomic E-state index is -0.874. The Hall–Kier alpha value is -2.13. The van der Waals surface area contributed by atoms with E-state index in [-0.39, 0.29) is 5.54 Å². The average molecular weight is 309 g/mol. The zero-order chi connectivity index (χ0) is 16.1. The summed E-state index contributed by atoms with van der Waals surface area (Å²) in [6.45, 7) is 0.784. The molecular formula is C20H23NO2. The Kier molecular flexibility index (Phi) is 4.77. The van der Waals surface area contributed by atoms with Crippen LogP contribution in [0.25, 0.3) is 0 Å². The van der Waals surface area contributed by atoms with Gasteiger partial charge in [0.05, 0.1) is 5.56 Å². The van der Waals surface area contributed by atoms with Gasteiger partial charge in [0.1, 0.15) is 0 Å². The third-order valence-corrected chi connectivity index (χ3v) is 4.81. The molecule has 0 heterocycles. The van der Waals surface area contributed by atoms with Crippen LogP contribution in [0.4, 0.5) is 0 Å². The maximum absolute atomic E-state index is 10.9. The maximum Gasteiger partial charge on any atom is 0.335 e. The zero-order valence-corrected chi connectivity index (χ0v) is 13.3. The number of aromatic carboxylic acids is 1. The number of nitrogens with one attached hydrogen (secondary N) is 1. The molecule has 2 aromatic rings. The molecule has 0 unspecified atom stereocenters. The second-order valence-corrected chi connectivity index (χ2v) is 6.51. The molecule has 3 rings (SSSR count). The second-order valence-electron chi connectivity index (χ2n) is 6.51. The zero-order valence-electron chi connectivity index (χ0n) is 13.3. The Bertz CT molecular complexity index is 643. The molecule has 3 nitrogen and oxygen atoms in total. The Labute approximate surface area is 137 Å². The van der Waals surface area contributed by atoms with Crippen LogP contribution >= 0.6 is 0 Å². The molecular weight excluding hydrogens is 286 g/mol. The Morgan fingerprint density at radius 2 is 1.61 bits per heavy atom. The first-order valence-electron chi connectivity index (χ1n) is 8.28. The highest BCUT2D eigenvalue weighted by atomic mass is 16.4. The van der Waals surface area contributed by atoms with Crippen LogP contribution in [0.5, 0.6) is 0 Å². The first-order chi connectivity index (χ1) is 11.2. The summed E-state index contributed by atoms with van der Waals surface area (Å²) in [7, 11) is 0. The highest BCUT2D eigenvalue weighted by Crippen LogP contribution is 2.33. The van der Waals surface area contributed by atoms with Gasteiger partial charge < -0.3 is 10.4 Å². The van der Waals surface area contributed by atoms with Crippen LogP contribution in [0, 0.1) is 0 Å². The summed E-state index contributed by atoms with van der Waals surface area (Å²) >= 11 is 0. The van der Waals surface area contributed by atoms with Gasteiger partial charge in [0.15, 0.2) is 0 Å². The van der Waals surface area contributed by atoms with E-state index in [2.05, 4.69) is 35.6 Å². The van der Waals surface area contributed by atoms with Gasteiger partial charge in [-0.15, -0.1) is 0 Å². The normalized spacial score (nSPS) is 16.3. The van der Waals surface area contributed by atoms with Gasteiger partial charge in [0, 0.05) is 12.1 Å². The van der Waals surface area contributed by atoms with Crippen molar-refractivity contribution < 1.29 is 9.90 Å². The predicted molar refractivity (Wildman–Crippen MR) is 91.6 cm³/mol. The van der Waals surface area contributed by atoms with Gasteiger partial charge in [-0.05, 0) is 42.5 Å². The average Bonchev–Trinajstić information content (AvgIpc) is 3.03. The summed E-state index contributed by atoms with van der Waals surface area (Å²) in [5.41, 5.74) is 3.03. The number of carboxylic acid groups (broad SMARTS) is 1. The molecule has 0 radical (unpaired) electrons. The van der Waals surface area contributed by atoms with E-state index < -0.39 is 5.97 Å². The van der Waals surface area contributed by atoms with Crippen LogP contribution in [0.3, 0.4) is 0 Å². The predicted octanol–water partition coefficient (Wildman–Crippen LogP) is 4.03. The van der Waals surface area contributed by atoms with Gasteiger partial charge in [0.2, 0.25) is 0 Å². The van der Waals surface area contributed by atoms with E-state index in [1.54, 1.807) is 12.1 Å². The molecule has 0 spiro atoms. The lowest BCUT2D eigenvalue weighted by Gasteiger charge is -2.31. The molecule has 1 saturated carbocycles. The van der Waals surface area contributed by atoms with Gasteiger partial charge in [-0.25, -0.2) is 4.79 Å². The highest BCUT2D eigenvalue weighted by molar-refractivity contribution is 5.87. The van der Waals surface area contributed by atoms with E-state index in [1.807, 2.05) is 12.1 Å². The van der Waals surface area contributed by atoms with Crippen molar-refractivity contribution in [2.75, 3.05) is 0 Å². The standard InChI is InChI=1S/C20H23NO2/c22-19(23)18-10-8-17(9-11-18)15-21-20(12-4-5-13-20)14-16-6-2-1-3-7-16/h1-3,6-11,21H,4-5,12-15H2,(H,22,23). The summed E-state index contributed by atoms with van der Waals surface area (Å²) in [5.74, 6) is -0.874. The van der Waals surface area contributed by atoms with Gasteiger partial charge in [-0.2, -0.15) is 0 Å². The van der Waals surface area contributed by atoms with E-state index in [0.717, 1.165) is 18.5 Å². The number of rotatable bonds is 6. The molecule has 23 heavy (non-hydrogen) atoms.